The molecule has 2 aromatic carbocycles. The maximum Gasteiger partial charge on any atom is 0.485 e. The molecule has 0 saturated carbocycles. The summed E-state index contributed by atoms with van der Waals surface area (Å²) in [5.41, 5.74) is 0.112. The van der Waals surface area contributed by atoms with Crippen LogP contribution in [0, 0.1) is 33.8 Å². The summed E-state index contributed by atoms with van der Waals surface area (Å²) >= 11 is -0.0614. The second-order valence-electron chi connectivity index (χ2n) is 6.93. The number of alkyl halides is 3. The molecule has 0 amide bonds. The molecule has 0 N–H and O–H groups in total. The second kappa shape index (κ2) is 10.1. The highest BCUT2D eigenvalue weighted by Crippen LogP contribution is 2.20. The lowest BCUT2D eigenvalue weighted by molar-refractivity contribution is -0.598. The van der Waals surface area contributed by atoms with Crippen LogP contribution in [0.25, 0.3) is 0 Å². The van der Waals surface area contributed by atoms with Gasteiger partial charge in [-0.15, -0.1) is 0 Å². The zero-order chi connectivity index (χ0) is 21.7. The quantitative estimate of drug-likeness (QED) is 0.347. The van der Waals surface area contributed by atoms with E-state index in [1.807, 2.05) is 0 Å². The molecular formula is C20H24F3IO3S. The molecule has 3 nitrogen and oxygen atoms in total. The van der Waals surface area contributed by atoms with Crippen LogP contribution in [0.15, 0.2) is 36.4 Å². The number of hydrogen-bond donors (Lipinski definition) is 0. The van der Waals surface area contributed by atoms with E-state index in [0.29, 0.717) is 0 Å². The SMILES string of the molecule is Cc1cc(C)c([I+]c2ccc(CC(C)C)cc2)c(C)c1.O=S(=O)([O-])C(F)(F)F. The summed E-state index contributed by atoms with van der Waals surface area (Å²) in [7, 11) is -6.09. The van der Waals surface area contributed by atoms with E-state index in [1.165, 1.54) is 32.2 Å². The Kier molecular flexibility index (Phi) is 8.95. The first-order valence-electron chi connectivity index (χ1n) is 8.54. The van der Waals surface area contributed by atoms with Gasteiger partial charge in [-0.25, -0.2) is 8.42 Å². The summed E-state index contributed by atoms with van der Waals surface area (Å²) in [6.45, 7) is 11.2. The molecule has 0 aliphatic rings. The molecule has 0 atom stereocenters. The van der Waals surface area contributed by atoms with Gasteiger partial charge in [-0.2, -0.15) is 13.2 Å². The summed E-state index contributed by atoms with van der Waals surface area (Å²) in [4.78, 5) is 0. The van der Waals surface area contributed by atoms with E-state index in [2.05, 4.69) is 71.0 Å². The van der Waals surface area contributed by atoms with E-state index in [1.54, 1.807) is 3.57 Å². The Bertz CT molecular complexity index is 867. The van der Waals surface area contributed by atoms with Crippen molar-refractivity contribution >= 4 is 10.1 Å². The van der Waals surface area contributed by atoms with Crippen LogP contribution in [0.5, 0.6) is 0 Å². The summed E-state index contributed by atoms with van der Waals surface area (Å²) < 4.78 is 62.0. The number of aryl methyl sites for hydroxylation is 3. The highest BCUT2D eigenvalue weighted by atomic mass is 127. The lowest BCUT2D eigenvalue weighted by Crippen LogP contribution is -3.62. The van der Waals surface area contributed by atoms with Crippen LogP contribution in [0.2, 0.25) is 0 Å². The molecule has 0 bridgehead atoms. The van der Waals surface area contributed by atoms with Gasteiger partial charge < -0.3 is 4.55 Å². The highest BCUT2D eigenvalue weighted by molar-refractivity contribution is 7.86. The van der Waals surface area contributed by atoms with Gasteiger partial charge in [0.1, 0.15) is 0 Å². The first-order valence-corrected chi connectivity index (χ1v) is 12.1. The second-order valence-corrected chi connectivity index (χ2v) is 11.2. The van der Waals surface area contributed by atoms with Gasteiger partial charge in [0.15, 0.2) is 17.3 Å². The molecule has 0 spiro atoms. The fourth-order valence-corrected chi connectivity index (χ4v) is 5.08. The molecule has 156 valence electrons. The van der Waals surface area contributed by atoms with E-state index in [0.717, 1.165) is 5.92 Å². The molecular weight excluding hydrogens is 504 g/mol. The summed E-state index contributed by atoms with van der Waals surface area (Å²) in [5, 5.41) is 0. The number of rotatable bonds is 4. The Morgan fingerprint density at radius 2 is 1.43 bits per heavy atom. The zero-order valence-corrected chi connectivity index (χ0v) is 19.4. The molecule has 0 aliphatic carbocycles. The van der Waals surface area contributed by atoms with Crippen LogP contribution >= 0.6 is 0 Å². The van der Waals surface area contributed by atoms with Crippen molar-refractivity contribution in [2.75, 3.05) is 0 Å². The van der Waals surface area contributed by atoms with Crippen LogP contribution in [0.4, 0.5) is 13.2 Å². The van der Waals surface area contributed by atoms with E-state index >= 15 is 0 Å². The summed E-state index contributed by atoms with van der Waals surface area (Å²) in [6.07, 6.45) is 1.18. The van der Waals surface area contributed by atoms with E-state index in [9.17, 15) is 13.2 Å². The minimum atomic E-state index is -6.09. The van der Waals surface area contributed by atoms with Crippen LogP contribution < -0.4 is 21.2 Å². The third-order valence-corrected chi connectivity index (χ3v) is 7.77. The van der Waals surface area contributed by atoms with E-state index < -0.39 is 15.6 Å². The largest absolute Gasteiger partial charge is 0.741 e. The predicted molar refractivity (Wildman–Crippen MR) is 98.8 cm³/mol. The minimum Gasteiger partial charge on any atom is -0.741 e. The average molecular weight is 528 g/mol. The fourth-order valence-electron chi connectivity index (χ4n) is 2.58. The molecule has 2 aromatic rings. The minimum absolute atomic E-state index is 0.0614. The maximum absolute atomic E-state index is 10.7. The van der Waals surface area contributed by atoms with Gasteiger partial charge in [-0.3, -0.25) is 0 Å². The Morgan fingerprint density at radius 1 is 1.00 bits per heavy atom. The zero-order valence-electron chi connectivity index (χ0n) is 16.4. The molecule has 0 unspecified atom stereocenters. The van der Waals surface area contributed by atoms with E-state index in [-0.39, 0.29) is 21.2 Å². The number of hydrogen-bond acceptors (Lipinski definition) is 3. The van der Waals surface area contributed by atoms with Gasteiger partial charge in [-0.1, -0.05) is 43.7 Å². The Balaban J connectivity index is 0.000000416. The van der Waals surface area contributed by atoms with Gasteiger partial charge in [0.05, 0.1) is 0 Å². The molecule has 0 aliphatic heterocycles. The molecule has 0 aromatic heterocycles. The van der Waals surface area contributed by atoms with Crippen molar-refractivity contribution in [2.24, 2.45) is 5.92 Å². The van der Waals surface area contributed by atoms with Gasteiger partial charge in [0.2, 0.25) is 0 Å². The van der Waals surface area contributed by atoms with Crippen molar-refractivity contribution in [3.63, 3.8) is 0 Å². The molecule has 28 heavy (non-hydrogen) atoms. The van der Waals surface area contributed by atoms with Crippen LogP contribution in [0.1, 0.15) is 36.1 Å². The topological polar surface area (TPSA) is 57.2 Å². The summed E-state index contributed by atoms with van der Waals surface area (Å²) in [6, 6.07) is 13.9. The number of halogens is 4. The van der Waals surface area contributed by atoms with Crippen LogP contribution in [-0.2, 0) is 16.5 Å². The smallest absolute Gasteiger partial charge is 0.485 e. The van der Waals surface area contributed by atoms with E-state index in [4.69, 9.17) is 13.0 Å². The van der Waals surface area contributed by atoms with Gasteiger partial charge >= 0.3 is 26.7 Å². The predicted octanol–water partition coefficient (Wildman–Crippen LogP) is 1.99. The normalized spacial score (nSPS) is 11.9. The van der Waals surface area contributed by atoms with Crippen molar-refractivity contribution < 1.29 is 47.3 Å². The highest BCUT2D eigenvalue weighted by Gasteiger charge is 2.36. The Hall–Kier alpha value is -1.13. The van der Waals surface area contributed by atoms with Gasteiger partial charge in [-0.05, 0) is 50.8 Å². The van der Waals surface area contributed by atoms with Crippen molar-refractivity contribution in [3.8, 4) is 0 Å². The molecule has 0 heterocycles. The summed E-state index contributed by atoms with van der Waals surface area (Å²) in [5.74, 6) is 0.733. The van der Waals surface area contributed by atoms with Crippen molar-refractivity contribution in [2.45, 2.75) is 46.5 Å². The van der Waals surface area contributed by atoms with Crippen molar-refractivity contribution in [3.05, 3.63) is 65.8 Å². The number of benzene rings is 2. The first-order chi connectivity index (χ1) is 12.7. The molecule has 8 heteroatoms. The monoisotopic (exact) mass is 528 g/mol. The van der Waals surface area contributed by atoms with Crippen LogP contribution in [0.3, 0.4) is 0 Å². The lowest BCUT2D eigenvalue weighted by atomic mass is 10.0. The lowest BCUT2D eigenvalue weighted by Gasteiger charge is -2.08. The molecule has 0 fully saturated rings. The average Bonchev–Trinajstić information content (AvgIpc) is 2.50. The standard InChI is InChI=1S/C19H24I.CHF3O3S/c1-13(2)10-17-6-8-18(9-7-17)20-19-15(4)11-14(3)12-16(19)5;2-1(3,4)8(5,6)7/h6-9,11-13H,10H2,1-5H3;(H,5,6,7)/q+1;/p-1. The third kappa shape index (κ3) is 8.08. The Morgan fingerprint density at radius 3 is 1.79 bits per heavy atom. The first kappa shape index (κ1) is 24.9. The third-order valence-electron chi connectivity index (χ3n) is 3.63. The van der Waals surface area contributed by atoms with Gasteiger partial charge in [0, 0.05) is 11.1 Å². The Labute approximate surface area is 175 Å². The van der Waals surface area contributed by atoms with Gasteiger partial charge in [0.25, 0.3) is 0 Å². The van der Waals surface area contributed by atoms with Crippen molar-refractivity contribution in [1.29, 1.82) is 0 Å². The molecule has 0 radical (unpaired) electrons. The molecule has 0 saturated heterocycles. The van der Waals surface area contributed by atoms with Crippen molar-refractivity contribution in [1.82, 2.24) is 0 Å². The van der Waals surface area contributed by atoms with Crippen LogP contribution in [-0.4, -0.2) is 18.5 Å². The fraction of sp³-hybridized carbons (Fsp3) is 0.400. The maximum atomic E-state index is 10.7. The molecule has 2 rings (SSSR count).